The molecule has 5 fully saturated rings. The number of aromatic nitrogens is 2. The van der Waals surface area contributed by atoms with Gasteiger partial charge in [0.2, 0.25) is 0 Å². The van der Waals surface area contributed by atoms with Crippen molar-refractivity contribution >= 4 is 29.0 Å². The molecule has 5 aromatic rings. The standard InChI is InChI=1S/C58H74Cl2N8O4/c1-9-57-51-27-41(25-37-13-11-10-12-14-37)54(57)66(6)45(34-69)30-61-50-29-44(26-38-15-20-42(59)21-16-38)65(5)55-47(35-71-8)63-53(58(50,55)56(57)70)36(2)68(51)32-40-17-22-43(60)28-49(40)72-46-23-18-39(19-24-46)48-31-62-52(67(48)7)33-64(3)4/h10-24,28,31,36,41,44-45,47,50-51,53-55,61,63,69H,9,25-27,29-30,32-35H2,1-8H3/t36-,41+,44-,45+,47+,50?,51?,53?,54?,55?,57?,58?/m0/s1. The Labute approximate surface area is 437 Å². The summed E-state index contributed by atoms with van der Waals surface area (Å²) in [7, 11) is 12.4. The van der Waals surface area contributed by atoms with E-state index in [1.54, 1.807) is 7.11 Å². The molecule has 1 saturated carbocycles. The lowest BCUT2D eigenvalue weighted by atomic mass is 9.54. The number of rotatable bonds is 15. The number of benzene rings is 4. The lowest BCUT2D eigenvalue weighted by molar-refractivity contribution is -0.155. The van der Waals surface area contributed by atoms with Gasteiger partial charge in [0.05, 0.1) is 42.5 Å². The topological polar surface area (TPSA) is 111 Å². The van der Waals surface area contributed by atoms with Gasteiger partial charge in [0.25, 0.3) is 0 Å². The zero-order chi connectivity index (χ0) is 50.6. The van der Waals surface area contributed by atoms with Crippen molar-refractivity contribution < 1.29 is 19.4 Å². The number of hydrogen-bond acceptors (Lipinski definition) is 11. The molecule has 5 aliphatic rings. The fraction of sp³-hybridized carbons (Fsp3) is 0.517. The van der Waals surface area contributed by atoms with Crippen molar-refractivity contribution in [2.45, 2.75) is 113 Å². The number of aliphatic hydroxyl groups is 1. The number of nitrogens with one attached hydrogen (secondary N) is 2. The zero-order valence-electron chi connectivity index (χ0n) is 43.3. The van der Waals surface area contributed by atoms with Crippen LogP contribution in [0.3, 0.4) is 0 Å². The van der Waals surface area contributed by atoms with Crippen LogP contribution in [-0.2, 0) is 42.5 Å². The Morgan fingerprint density at radius 1 is 0.875 bits per heavy atom. The fourth-order valence-electron chi connectivity index (χ4n) is 14.8. The molecule has 0 amide bonds. The fourth-order valence-corrected chi connectivity index (χ4v) is 15.1. The summed E-state index contributed by atoms with van der Waals surface area (Å²) >= 11 is 13.3. The highest BCUT2D eigenvalue weighted by molar-refractivity contribution is 6.31. The molecule has 14 heteroatoms. The monoisotopic (exact) mass is 1020 g/mol. The first-order valence-corrected chi connectivity index (χ1v) is 26.8. The minimum absolute atomic E-state index is 0.0198. The average molecular weight is 1020 g/mol. The van der Waals surface area contributed by atoms with Crippen LogP contribution in [-0.4, -0.2) is 149 Å². The number of imidazole rings is 1. The number of Topliss-reactive ketones (excluding diaryl/α,β-unsaturated/α-hetero) is 1. The first kappa shape index (κ1) is 51.3. The lowest BCUT2D eigenvalue weighted by Gasteiger charge is -2.57. The first-order chi connectivity index (χ1) is 34.7. The molecule has 4 aromatic carbocycles. The number of ether oxygens (including phenoxy) is 2. The number of likely N-dealkylation sites (tertiary alicyclic amines) is 2. The Morgan fingerprint density at radius 2 is 1.58 bits per heavy atom. The van der Waals surface area contributed by atoms with Crippen molar-refractivity contribution in [1.29, 1.82) is 0 Å². The van der Waals surface area contributed by atoms with Crippen LogP contribution < -0.4 is 15.4 Å². The number of likely N-dealkylation sites (N-methyl/N-ethyl adjacent to an activating group) is 2. The molecule has 1 aromatic heterocycles. The molecule has 4 aliphatic heterocycles. The van der Waals surface area contributed by atoms with Gasteiger partial charge in [-0.15, -0.1) is 0 Å². The van der Waals surface area contributed by atoms with Crippen LogP contribution in [0, 0.1) is 16.7 Å². The van der Waals surface area contributed by atoms with Gasteiger partial charge in [-0.3, -0.25) is 19.5 Å². The molecular weight excluding hydrogens is 944 g/mol. The van der Waals surface area contributed by atoms with E-state index in [9.17, 15) is 5.11 Å². The van der Waals surface area contributed by atoms with E-state index in [1.165, 1.54) is 11.1 Å². The van der Waals surface area contributed by atoms with Crippen LogP contribution >= 0.6 is 23.2 Å². The van der Waals surface area contributed by atoms with Crippen molar-refractivity contribution in [3.63, 3.8) is 0 Å². The zero-order valence-corrected chi connectivity index (χ0v) is 44.8. The number of methoxy groups -OCH3 is 1. The molecular formula is C58H74Cl2N8O4. The van der Waals surface area contributed by atoms with Gasteiger partial charge in [-0.1, -0.05) is 78.7 Å². The van der Waals surface area contributed by atoms with Crippen molar-refractivity contribution in [2.75, 3.05) is 55.1 Å². The first-order valence-electron chi connectivity index (χ1n) is 26.1. The maximum absolute atomic E-state index is 17.5. The Hall–Kier alpha value is -4.18. The van der Waals surface area contributed by atoms with Crippen LogP contribution in [0.5, 0.6) is 11.5 Å². The minimum Gasteiger partial charge on any atom is -0.457 e. The summed E-state index contributed by atoms with van der Waals surface area (Å²) in [5, 5.41) is 21.1. The van der Waals surface area contributed by atoms with Gasteiger partial charge in [-0.2, -0.15) is 0 Å². The molecule has 10 rings (SSSR count). The second-order valence-electron chi connectivity index (χ2n) is 21.9. The Balaban J connectivity index is 1.10. The molecule has 7 unspecified atom stereocenters. The molecule has 1 aliphatic carbocycles. The number of hydrogen-bond donors (Lipinski definition) is 3. The summed E-state index contributed by atoms with van der Waals surface area (Å²) in [4.78, 5) is 32.0. The number of halogens is 2. The summed E-state index contributed by atoms with van der Waals surface area (Å²) in [6, 6.07) is 32.0. The largest absolute Gasteiger partial charge is 0.457 e. The maximum Gasteiger partial charge on any atom is 0.153 e. The smallest absolute Gasteiger partial charge is 0.153 e. The number of carbonyl (C=O) groups excluding carboxylic acids is 1. The highest BCUT2D eigenvalue weighted by atomic mass is 35.5. The molecule has 0 radical (unpaired) electrons. The second kappa shape index (κ2) is 20.9. The molecule has 5 heterocycles. The molecule has 384 valence electrons. The van der Waals surface area contributed by atoms with E-state index in [0.717, 1.165) is 59.9 Å². The summed E-state index contributed by atoms with van der Waals surface area (Å²) in [6.07, 6.45) is 5.82. The second-order valence-corrected chi connectivity index (χ2v) is 22.8. The van der Waals surface area contributed by atoms with Gasteiger partial charge >= 0.3 is 0 Å². The summed E-state index contributed by atoms with van der Waals surface area (Å²) in [5.41, 5.74) is 3.89. The summed E-state index contributed by atoms with van der Waals surface area (Å²) < 4.78 is 15.2. The van der Waals surface area contributed by atoms with Crippen LogP contribution in [0.25, 0.3) is 11.3 Å². The summed E-state index contributed by atoms with van der Waals surface area (Å²) in [6.45, 7) is 6.93. The number of ketones is 1. The van der Waals surface area contributed by atoms with Crippen molar-refractivity contribution in [3.8, 4) is 22.8 Å². The van der Waals surface area contributed by atoms with Crippen molar-refractivity contribution in [3.05, 3.63) is 136 Å². The molecule has 12 atom stereocenters. The molecule has 72 heavy (non-hydrogen) atoms. The Bertz CT molecular complexity index is 2690. The number of nitrogens with zero attached hydrogens (tertiary/aromatic N) is 6. The van der Waals surface area contributed by atoms with E-state index in [1.807, 2.05) is 42.6 Å². The molecule has 4 saturated heterocycles. The normalized spacial score (nSPS) is 31.8. The number of piperidine rings is 1. The van der Waals surface area contributed by atoms with Crippen LogP contribution in [0.4, 0.5) is 0 Å². The van der Waals surface area contributed by atoms with Gasteiger partial charge in [0.15, 0.2) is 5.78 Å². The van der Waals surface area contributed by atoms with Crippen molar-refractivity contribution in [2.24, 2.45) is 23.8 Å². The number of carbonyl (C=O) groups is 1. The molecule has 12 nitrogen and oxygen atoms in total. The average Bonchev–Trinajstić information content (AvgIpc) is 4.02. The Morgan fingerprint density at radius 3 is 2.28 bits per heavy atom. The van der Waals surface area contributed by atoms with Gasteiger partial charge in [-0.05, 0) is 133 Å². The lowest BCUT2D eigenvalue weighted by Crippen LogP contribution is -2.73. The van der Waals surface area contributed by atoms with Crippen molar-refractivity contribution in [1.82, 2.24) is 39.8 Å². The van der Waals surface area contributed by atoms with Gasteiger partial charge in [0.1, 0.15) is 17.3 Å². The van der Waals surface area contributed by atoms with Crippen LogP contribution in [0.15, 0.2) is 103 Å². The van der Waals surface area contributed by atoms with Gasteiger partial charge in [-0.25, -0.2) is 4.98 Å². The SMILES string of the molecule is CCC12C(=O)C34C5C[C@H](Cc6ccc(Cl)cc6)N(C)C3[C@@H](COC)NC4[C@H](C)N(Cc3ccc(Cl)cc3Oc3ccc(-c4cnc(CN(C)C)n4C)cc3)C1C[C@@H](Cc1ccccc1)C2N(C)[C@@H](CO)CN5. The number of aliphatic hydroxyl groups excluding tert-OH is 1. The van der Waals surface area contributed by atoms with E-state index < -0.39 is 10.8 Å². The highest BCUT2D eigenvalue weighted by Crippen LogP contribution is 2.63. The minimum atomic E-state index is -0.857. The predicted molar refractivity (Wildman–Crippen MR) is 287 cm³/mol. The van der Waals surface area contributed by atoms with E-state index in [2.05, 4.69) is 145 Å². The maximum atomic E-state index is 17.5. The third-order valence-corrected chi connectivity index (χ3v) is 18.5. The third kappa shape index (κ3) is 8.85. The van der Waals surface area contributed by atoms with Gasteiger partial charge < -0.3 is 34.7 Å². The van der Waals surface area contributed by atoms with E-state index in [0.29, 0.717) is 48.4 Å². The Kier molecular flexibility index (Phi) is 14.9. The molecule has 1 spiro atoms. The summed E-state index contributed by atoms with van der Waals surface area (Å²) in [5.74, 6) is 2.87. The quantitative estimate of drug-likeness (QED) is 0.0951. The van der Waals surface area contributed by atoms with E-state index in [4.69, 9.17) is 37.7 Å². The predicted octanol–water partition coefficient (Wildman–Crippen LogP) is 7.97. The van der Waals surface area contributed by atoms with E-state index in [-0.39, 0.29) is 66.9 Å². The molecule has 3 N–H and O–H groups in total. The third-order valence-electron chi connectivity index (χ3n) is 18.0. The van der Waals surface area contributed by atoms with E-state index >= 15 is 4.79 Å². The highest BCUT2D eigenvalue weighted by Gasteiger charge is 2.77. The van der Waals surface area contributed by atoms with Gasteiger partial charge in [0, 0.05) is 103 Å². The molecule has 2 bridgehead atoms. The van der Waals surface area contributed by atoms with Crippen LogP contribution in [0.2, 0.25) is 10.0 Å². The van der Waals surface area contributed by atoms with Crippen LogP contribution in [0.1, 0.15) is 55.6 Å².